The molecule has 3 nitrogen and oxygen atoms in total. The van der Waals surface area contributed by atoms with Gasteiger partial charge in [0.2, 0.25) is 5.91 Å². The highest BCUT2D eigenvalue weighted by Gasteiger charge is 2.36. The van der Waals surface area contributed by atoms with Crippen LogP contribution in [0.15, 0.2) is 24.3 Å². The van der Waals surface area contributed by atoms with Crippen molar-refractivity contribution in [2.75, 3.05) is 11.4 Å². The Kier molecular flexibility index (Phi) is 3.31. The maximum absolute atomic E-state index is 12.7. The van der Waals surface area contributed by atoms with Gasteiger partial charge in [0.25, 0.3) is 0 Å². The van der Waals surface area contributed by atoms with Gasteiger partial charge in [-0.05, 0) is 43.2 Å². The maximum atomic E-state index is 12.7. The molecule has 1 saturated carbocycles. The average molecular weight is 258 g/mol. The SMILES string of the molecule is CC(C(=O)N1CCCC(N)c2ccccc21)C1CC1. The van der Waals surface area contributed by atoms with Crippen LogP contribution in [0.4, 0.5) is 5.69 Å². The molecule has 1 heterocycles. The van der Waals surface area contributed by atoms with Crippen molar-refractivity contribution in [2.24, 2.45) is 17.6 Å². The fraction of sp³-hybridized carbons (Fsp3) is 0.562. The van der Waals surface area contributed by atoms with Crippen LogP contribution < -0.4 is 10.6 Å². The first-order valence-corrected chi connectivity index (χ1v) is 7.34. The number of hydrogen-bond acceptors (Lipinski definition) is 2. The van der Waals surface area contributed by atoms with Gasteiger partial charge in [0, 0.05) is 24.2 Å². The lowest BCUT2D eigenvalue weighted by atomic mass is 10.0. The third kappa shape index (κ3) is 2.39. The minimum Gasteiger partial charge on any atom is -0.324 e. The minimum absolute atomic E-state index is 0.0604. The van der Waals surface area contributed by atoms with Gasteiger partial charge < -0.3 is 10.6 Å². The smallest absolute Gasteiger partial charge is 0.230 e. The van der Waals surface area contributed by atoms with E-state index in [1.54, 1.807) is 0 Å². The fourth-order valence-electron chi connectivity index (χ4n) is 3.06. The van der Waals surface area contributed by atoms with Crippen molar-refractivity contribution < 1.29 is 4.79 Å². The van der Waals surface area contributed by atoms with Crippen molar-refractivity contribution in [3.8, 4) is 0 Å². The second kappa shape index (κ2) is 4.97. The zero-order chi connectivity index (χ0) is 13.4. The normalized spacial score (nSPS) is 24.5. The number of benzene rings is 1. The first-order chi connectivity index (χ1) is 9.18. The average Bonchev–Trinajstić information content (AvgIpc) is 3.26. The first kappa shape index (κ1) is 12.7. The molecule has 1 aliphatic carbocycles. The Morgan fingerprint density at radius 3 is 2.79 bits per heavy atom. The molecule has 2 atom stereocenters. The van der Waals surface area contributed by atoms with Crippen molar-refractivity contribution in [1.82, 2.24) is 0 Å². The van der Waals surface area contributed by atoms with Gasteiger partial charge in [-0.1, -0.05) is 25.1 Å². The Hall–Kier alpha value is -1.35. The number of carbonyl (C=O) groups is 1. The van der Waals surface area contributed by atoms with Gasteiger partial charge in [0.1, 0.15) is 0 Å². The standard InChI is InChI=1S/C16H22N2O/c1-11(12-8-9-12)16(19)18-10-4-6-14(17)13-5-2-3-7-15(13)18/h2-3,5,7,11-12,14H,4,6,8-10,17H2,1H3. The number of amides is 1. The highest BCUT2D eigenvalue weighted by molar-refractivity contribution is 5.96. The van der Waals surface area contributed by atoms with E-state index in [1.165, 1.54) is 12.8 Å². The second-order valence-electron chi connectivity index (χ2n) is 5.92. The predicted molar refractivity (Wildman–Crippen MR) is 76.8 cm³/mol. The zero-order valence-electron chi connectivity index (χ0n) is 11.5. The third-order valence-electron chi connectivity index (χ3n) is 4.51. The summed E-state index contributed by atoms with van der Waals surface area (Å²) < 4.78 is 0. The summed E-state index contributed by atoms with van der Waals surface area (Å²) in [5.74, 6) is 1.04. The molecule has 102 valence electrons. The molecule has 0 bridgehead atoms. The summed E-state index contributed by atoms with van der Waals surface area (Å²) in [6.45, 7) is 2.88. The first-order valence-electron chi connectivity index (χ1n) is 7.34. The molecule has 3 rings (SSSR count). The van der Waals surface area contributed by atoms with Crippen molar-refractivity contribution in [3.05, 3.63) is 29.8 Å². The zero-order valence-corrected chi connectivity index (χ0v) is 11.5. The number of nitrogens with zero attached hydrogens (tertiary/aromatic N) is 1. The molecule has 0 aromatic heterocycles. The molecule has 1 amide bonds. The maximum Gasteiger partial charge on any atom is 0.230 e. The van der Waals surface area contributed by atoms with Crippen LogP contribution in [0, 0.1) is 11.8 Å². The summed E-state index contributed by atoms with van der Waals surface area (Å²) in [6, 6.07) is 8.17. The van der Waals surface area contributed by atoms with Crippen LogP contribution in [-0.2, 0) is 4.79 Å². The largest absolute Gasteiger partial charge is 0.324 e. The van der Waals surface area contributed by atoms with Gasteiger partial charge in [-0.25, -0.2) is 0 Å². The number of anilines is 1. The lowest BCUT2D eigenvalue weighted by Gasteiger charge is -2.26. The Labute approximate surface area is 114 Å². The van der Waals surface area contributed by atoms with Crippen molar-refractivity contribution in [1.29, 1.82) is 0 Å². The third-order valence-corrected chi connectivity index (χ3v) is 4.51. The van der Waals surface area contributed by atoms with E-state index in [0.717, 1.165) is 30.6 Å². The van der Waals surface area contributed by atoms with Crippen molar-refractivity contribution in [2.45, 2.75) is 38.6 Å². The molecule has 1 aromatic rings. The van der Waals surface area contributed by atoms with Gasteiger partial charge in [-0.2, -0.15) is 0 Å². The van der Waals surface area contributed by atoms with Crippen LogP contribution in [-0.4, -0.2) is 12.5 Å². The van der Waals surface area contributed by atoms with E-state index in [4.69, 9.17) is 5.73 Å². The van der Waals surface area contributed by atoms with Gasteiger partial charge in [0.05, 0.1) is 0 Å². The number of rotatable bonds is 2. The Morgan fingerprint density at radius 2 is 2.05 bits per heavy atom. The highest BCUT2D eigenvalue weighted by Crippen LogP contribution is 2.39. The fourth-order valence-corrected chi connectivity index (χ4v) is 3.06. The van der Waals surface area contributed by atoms with Crippen LogP contribution in [0.3, 0.4) is 0 Å². The van der Waals surface area contributed by atoms with Gasteiger partial charge in [0.15, 0.2) is 0 Å². The molecule has 3 heteroatoms. The number of para-hydroxylation sites is 1. The molecule has 0 spiro atoms. The molecule has 0 saturated heterocycles. The number of fused-ring (bicyclic) bond motifs is 1. The molecule has 19 heavy (non-hydrogen) atoms. The van der Waals surface area contributed by atoms with Crippen LogP contribution in [0.5, 0.6) is 0 Å². The van der Waals surface area contributed by atoms with Crippen LogP contribution in [0.1, 0.15) is 44.2 Å². The second-order valence-corrected chi connectivity index (χ2v) is 5.92. The summed E-state index contributed by atoms with van der Waals surface area (Å²) in [5.41, 5.74) is 8.37. The van der Waals surface area contributed by atoms with Crippen LogP contribution in [0.25, 0.3) is 0 Å². The monoisotopic (exact) mass is 258 g/mol. The molecule has 2 unspecified atom stereocenters. The molecule has 1 aromatic carbocycles. The van der Waals surface area contributed by atoms with Crippen LogP contribution >= 0.6 is 0 Å². The summed E-state index contributed by atoms with van der Waals surface area (Å²) in [7, 11) is 0. The summed E-state index contributed by atoms with van der Waals surface area (Å²) in [6.07, 6.45) is 4.36. The number of hydrogen-bond donors (Lipinski definition) is 1. The van der Waals surface area contributed by atoms with Crippen molar-refractivity contribution in [3.63, 3.8) is 0 Å². The summed E-state index contributed by atoms with van der Waals surface area (Å²) in [4.78, 5) is 14.7. The quantitative estimate of drug-likeness (QED) is 0.886. The molecule has 2 N–H and O–H groups in total. The molecular weight excluding hydrogens is 236 g/mol. The Morgan fingerprint density at radius 1 is 1.32 bits per heavy atom. The van der Waals surface area contributed by atoms with E-state index in [-0.39, 0.29) is 17.9 Å². The minimum atomic E-state index is 0.0604. The van der Waals surface area contributed by atoms with Crippen molar-refractivity contribution >= 4 is 11.6 Å². The van der Waals surface area contributed by atoms with E-state index >= 15 is 0 Å². The lowest BCUT2D eigenvalue weighted by Crippen LogP contribution is -2.36. The topological polar surface area (TPSA) is 46.3 Å². The molecular formula is C16H22N2O. The molecule has 2 aliphatic rings. The van der Waals surface area contributed by atoms with E-state index < -0.39 is 0 Å². The van der Waals surface area contributed by atoms with Gasteiger partial charge >= 0.3 is 0 Å². The number of carbonyl (C=O) groups excluding carboxylic acids is 1. The summed E-state index contributed by atoms with van der Waals surface area (Å²) >= 11 is 0. The molecule has 0 radical (unpaired) electrons. The van der Waals surface area contributed by atoms with Gasteiger partial charge in [-0.15, -0.1) is 0 Å². The Bertz CT molecular complexity index is 481. The number of nitrogens with two attached hydrogens (primary N) is 1. The van der Waals surface area contributed by atoms with E-state index in [0.29, 0.717) is 5.92 Å². The Balaban J connectivity index is 1.92. The van der Waals surface area contributed by atoms with E-state index in [1.807, 2.05) is 23.1 Å². The van der Waals surface area contributed by atoms with Gasteiger partial charge in [-0.3, -0.25) is 4.79 Å². The van der Waals surface area contributed by atoms with E-state index in [2.05, 4.69) is 13.0 Å². The molecule has 1 fully saturated rings. The molecule has 1 aliphatic heterocycles. The summed E-state index contributed by atoms with van der Waals surface area (Å²) in [5, 5.41) is 0. The van der Waals surface area contributed by atoms with Crippen LogP contribution in [0.2, 0.25) is 0 Å². The highest BCUT2D eigenvalue weighted by atomic mass is 16.2. The predicted octanol–water partition coefficient (Wildman–Crippen LogP) is 2.86. The lowest BCUT2D eigenvalue weighted by molar-refractivity contribution is -0.122. The van der Waals surface area contributed by atoms with E-state index in [9.17, 15) is 4.79 Å².